The highest BCUT2D eigenvalue weighted by Gasteiger charge is 2.11. The molecule has 0 saturated heterocycles. The summed E-state index contributed by atoms with van der Waals surface area (Å²) in [7, 11) is 0. The van der Waals surface area contributed by atoms with Crippen LogP contribution >= 0.6 is 11.6 Å². The zero-order valence-electron chi connectivity index (χ0n) is 7.52. The molecule has 1 aromatic rings. The van der Waals surface area contributed by atoms with Crippen molar-refractivity contribution in [3.05, 3.63) is 29.3 Å². The molecule has 0 heterocycles. The maximum absolute atomic E-state index is 5.76. The molecular weight excluding hydrogens is 172 g/mol. The summed E-state index contributed by atoms with van der Waals surface area (Å²) < 4.78 is 5.57. The second kappa shape index (κ2) is 3.36. The summed E-state index contributed by atoms with van der Waals surface area (Å²) in [6.07, 6.45) is 0. The van der Waals surface area contributed by atoms with E-state index in [1.54, 1.807) is 18.2 Å². The predicted molar refractivity (Wildman–Crippen MR) is 50.7 cm³/mol. The molecule has 65 valence electrons. The molecule has 0 aliphatic carbocycles. The van der Waals surface area contributed by atoms with Gasteiger partial charge >= 0.3 is 0 Å². The highest BCUT2D eigenvalue weighted by atomic mass is 35.5. The van der Waals surface area contributed by atoms with E-state index in [-0.39, 0.29) is 5.60 Å². The van der Waals surface area contributed by atoms with Crippen LogP contribution in [-0.4, -0.2) is 5.60 Å². The Morgan fingerprint density at radius 3 is 2.50 bits per heavy atom. The Labute approximate surface area is 78.3 Å². The SMILES string of the molecule is CC(C)(C)Oc1c[c]cc(Cl)c1. The standard InChI is InChI=1S/C10H12ClO/c1-10(2,3)12-9-6-4-5-8(11)7-9/h5-7H,1-3H3. The van der Waals surface area contributed by atoms with Gasteiger partial charge in [-0.3, -0.25) is 0 Å². The fourth-order valence-electron chi connectivity index (χ4n) is 0.835. The van der Waals surface area contributed by atoms with Gasteiger partial charge < -0.3 is 4.74 Å². The summed E-state index contributed by atoms with van der Waals surface area (Å²) >= 11 is 5.76. The van der Waals surface area contributed by atoms with E-state index in [2.05, 4.69) is 6.07 Å². The van der Waals surface area contributed by atoms with Crippen LogP contribution in [0.2, 0.25) is 5.02 Å². The first-order chi connectivity index (χ1) is 5.47. The summed E-state index contributed by atoms with van der Waals surface area (Å²) in [5.74, 6) is 0.759. The molecule has 0 amide bonds. The average Bonchev–Trinajstić information content (AvgIpc) is 1.82. The van der Waals surface area contributed by atoms with Crippen LogP contribution in [0.15, 0.2) is 18.2 Å². The number of benzene rings is 1. The first-order valence-electron chi connectivity index (χ1n) is 3.83. The van der Waals surface area contributed by atoms with Crippen molar-refractivity contribution < 1.29 is 4.74 Å². The zero-order chi connectivity index (χ0) is 9.19. The molecule has 0 spiro atoms. The Morgan fingerprint density at radius 2 is 2.00 bits per heavy atom. The van der Waals surface area contributed by atoms with Crippen LogP contribution in [-0.2, 0) is 0 Å². The fourth-order valence-corrected chi connectivity index (χ4v) is 1.01. The maximum Gasteiger partial charge on any atom is 0.122 e. The quantitative estimate of drug-likeness (QED) is 0.649. The second-order valence-corrected chi connectivity index (χ2v) is 4.04. The lowest BCUT2D eigenvalue weighted by atomic mass is 10.2. The van der Waals surface area contributed by atoms with Crippen molar-refractivity contribution in [2.45, 2.75) is 26.4 Å². The average molecular weight is 184 g/mol. The summed E-state index contributed by atoms with van der Waals surface area (Å²) in [6, 6.07) is 8.16. The van der Waals surface area contributed by atoms with Crippen LogP contribution in [0.3, 0.4) is 0 Å². The lowest BCUT2D eigenvalue weighted by molar-refractivity contribution is 0.131. The smallest absolute Gasteiger partial charge is 0.122 e. The molecule has 12 heavy (non-hydrogen) atoms. The van der Waals surface area contributed by atoms with Crippen LogP contribution < -0.4 is 4.74 Å². The molecule has 0 fully saturated rings. The van der Waals surface area contributed by atoms with E-state index >= 15 is 0 Å². The van der Waals surface area contributed by atoms with E-state index in [9.17, 15) is 0 Å². The molecule has 2 heteroatoms. The van der Waals surface area contributed by atoms with Crippen molar-refractivity contribution in [3.63, 3.8) is 0 Å². The lowest BCUT2D eigenvalue weighted by Crippen LogP contribution is -2.22. The summed E-state index contributed by atoms with van der Waals surface area (Å²) in [4.78, 5) is 0. The van der Waals surface area contributed by atoms with Gasteiger partial charge in [-0.05, 0) is 45.0 Å². The Morgan fingerprint density at radius 1 is 1.33 bits per heavy atom. The lowest BCUT2D eigenvalue weighted by Gasteiger charge is -2.21. The van der Waals surface area contributed by atoms with Crippen LogP contribution in [0.4, 0.5) is 0 Å². The van der Waals surface area contributed by atoms with Gasteiger partial charge in [-0.25, -0.2) is 0 Å². The molecule has 1 rings (SSSR count). The molecule has 1 nitrogen and oxygen atoms in total. The normalized spacial score (nSPS) is 11.3. The van der Waals surface area contributed by atoms with E-state index in [0.717, 1.165) is 5.75 Å². The second-order valence-electron chi connectivity index (χ2n) is 3.60. The first kappa shape index (κ1) is 9.40. The molecule has 0 aromatic heterocycles. The number of halogens is 1. The molecule has 1 radical (unpaired) electrons. The van der Waals surface area contributed by atoms with E-state index in [0.29, 0.717) is 5.02 Å². The topological polar surface area (TPSA) is 9.23 Å². The number of rotatable bonds is 1. The Bertz CT molecular complexity index is 263. The van der Waals surface area contributed by atoms with Gasteiger partial charge in [-0.2, -0.15) is 0 Å². The molecule has 0 atom stereocenters. The van der Waals surface area contributed by atoms with Crippen molar-refractivity contribution in [3.8, 4) is 5.75 Å². The highest BCUT2D eigenvalue weighted by molar-refractivity contribution is 6.30. The molecule has 0 unspecified atom stereocenters. The van der Waals surface area contributed by atoms with Crippen LogP contribution in [0.5, 0.6) is 5.75 Å². The minimum absolute atomic E-state index is 0.182. The van der Waals surface area contributed by atoms with Gasteiger partial charge in [0, 0.05) is 5.02 Å². The van der Waals surface area contributed by atoms with Gasteiger partial charge in [0.05, 0.1) is 0 Å². The van der Waals surface area contributed by atoms with Crippen LogP contribution in [0, 0.1) is 6.07 Å². The first-order valence-corrected chi connectivity index (χ1v) is 4.21. The Hall–Kier alpha value is -0.690. The van der Waals surface area contributed by atoms with Crippen LogP contribution in [0.25, 0.3) is 0 Å². The van der Waals surface area contributed by atoms with Crippen molar-refractivity contribution in [2.24, 2.45) is 0 Å². The van der Waals surface area contributed by atoms with E-state index in [4.69, 9.17) is 16.3 Å². The van der Waals surface area contributed by atoms with Crippen molar-refractivity contribution in [1.29, 1.82) is 0 Å². The fraction of sp³-hybridized carbons (Fsp3) is 0.400. The van der Waals surface area contributed by atoms with Crippen molar-refractivity contribution in [1.82, 2.24) is 0 Å². The minimum Gasteiger partial charge on any atom is -0.488 e. The van der Waals surface area contributed by atoms with E-state index in [1.165, 1.54) is 0 Å². The zero-order valence-corrected chi connectivity index (χ0v) is 8.27. The summed E-state index contributed by atoms with van der Waals surface area (Å²) in [5.41, 5.74) is -0.182. The third-order valence-electron chi connectivity index (χ3n) is 1.15. The minimum atomic E-state index is -0.182. The maximum atomic E-state index is 5.76. The molecule has 1 aromatic carbocycles. The molecule has 0 saturated carbocycles. The largest absolute Gasteiger partial charge is 0.488 e. The Kier molecular flexibility index (Phi) is 2.63. The van der Waals surface area contributed by atoms with Gasteiger partial charge in [0.2, 0.25) is 0 Å². The van der Waals surface area contributed by atoms with Crippen molar-refractivity contribution >= 4 is 11.6 Å². The predicted octanol–water partition coefficient (Wildman–Crippen LogP) is 3.32. The van der Waals surface area contributed by atoms with Crippen LogP contribution in [0.1, 0.15) is 20.8 Å². The van der Waals surface area contributed by atoms with Gasteiger partial charge in [0.25, 0.3) is 0 Å². The van der Waals surface area contributed by atoms with E-state index < -0.39 is 0 Å². The third-order valence-corrected chi connectivity index (χ3v) is 1.37. The summed E-state index contributed by atoms with van der Waals surface area (Å²) in [5, 5.41) is 0.650. The van der Waals surface area contributed by atoms with Gasteiger partial charge in [0.1, 0.15) is 11.4 Å². The molecule has 0 N–H and O–H groups in total. The number of hydrogen-bond donors (Lipinski definition) is 0. The molecule has 0 aliphatic rings. The summed E-state index contributed by atoms with van der Waals surface area (Å²) in [6.45, 7) is 5.98. The van der Waals surface area contributed by atoms with Gasteiger partial charge in [-0.15, -0.1) is 0 Å². The highest BCUT2D eigenvalue weighted by Crippen LogP contribution is 2.21. The third kappa shape index (κ3) is 3.14. The van der Waals surface area contributed by atoms with Gasteiger partial charge in [-0.1, -0.05) is 11.6 Å². The monoisotopic (exact) mass is 183 g/mol. The Balaban J connectivity index is 2.77. The van der Waals surface area contributed by atoms with Crippen molar-refractivity contribution in [2.75, 3.05) is 0 Å². The number of ether oxygens (including phenoxy) is 1. The molecule has 0 aliphatic heterocycles. The molecular formula is C10H12ClO. The van der Waals surface area contributed by atoms with Gasteiger partial charge in [0.15, 0.2) is 0 Å². The van der Waals surface area contributed by atoms with E-state index in [1.807, 2.05) is 20.8 Å². The number of hydrogen-bond acceptors (Lipinski definition) is 1. The molecule has 0 bridgehead atoms.